The van der Waals surface area contributed by atoms with Crippen LogP contribution < -0.4 is 5.73 Å². The molecule has 1 rings (SSSR count). The van der Waals surface area contributed by atoms with Crippen LogP contribution in [0.3, 0.4) is 0 Å². The Morgan fingerprint density at radius 3 is 2.53 bits per heavy atom. The van der Waals surface area contributed by atoms with E-state index in [0.29, 0.717) is 0 Å². The van der Waals surface area contributed by atoms with Gasteiger partial charge in [0.1, 0.15) is 0 Å². The molecule has 3 heteroatoms. The maximum absolute atomic E-state index is 5.72. The zero-order chi connectivity index (χ0) is 11.5. The molecule has 0 saturated heterocycles. The summed E-state index contributed by atoms with van der Waals surface area (Å²) >= 11 is 1.59. The monoisotopic (exact) mass is 222 g/mol. The second-order valence-electron chi connectivity index (χ2n) is 4.51. The maximum Gasteiger partial charge on any atom is 0.0529 e. The predicted octanol–water partition coefficient (Wildman–Crippen LogP) is 3.52. The summed E-state index contributed by atoms with van der Waals surface area (Å²) < 4.78 is 4.64. The molecule has 0 atom stereocenters. The van der Waals surface area contributed by atoms with Gasteiger partial charge in [-0.15, -0.1) is 0 Å². The van der Waals surface area contributed by atoms with Crippen LogP contribution >= 0.6 is 11.9 Å². The van der Waals surface area contributed by atoms with Crippen LogP contribution in [0.25, 0.3) is 0 Å². The van der Waals surface area contributed by atoms with Crippen LogP contribution in [0, 0.1) is 0 Å². The average molecular weight is 222 g/mol. The van der Waals surface area contributed by atoms with Crippen molar-refractivity contribution in [1.82, 2.24) is 0 Å². The fraction of sp³-hybridized carbons (Fsp3) is 0.417. The van der Waals surface area contributed by atoms with Crippen LogP contribution in [0.15, 0.2) is 28.7 Å². The summed E-state index contributed by atoms with van der Waals surface area (Å²) in [6.07, 6.45) is 0. The Morgan fingerprint density at radius 2 is 2.00 bits per heavy atom. The van der Waals surface area contributed by atoms with E-state index in [9.17, 15) is 0 Å². The molecule has 15 heavy (non-hydrogen) atoms. The molecule has 82 valence electrons. The van der Waals surface area contributed by atoms with E-state index in [0.717, 1.165) is 17.0 Å². The first-order valence-corrected chi connectivity index (χ1v) is 5.74. The molecule has 1 aromatic rings. The first kappa shape index (κ1) is 12.1. The van der Waals surface area contributed by atoms with Gasteiger partial charge < -0.3 is 5.73 Å². The van der Waals surface area contributed by atoms with E-state index in [2.05, 4.69) is 25.2 Å². The topological polar surface area (TPSA) is 38.4 Å². The van der Waals surface area contributed by atoms with Crippen molar-refractivity contribution < 1.29 is 0 Å². The number of benzene rings is 1. The summed E-state index contributed by atoms with van der Waals surface area (Å²) in [6.45, 7) is 8.45. The standard InChI is InChI=1S/C12H18N2S/c1-9(14-15-12(2,3)4)10-6-5-7-11(13)8-10/h5-8H,13H2,1-4H3. The highest BCUT2D eigenvalue weighted by Crippen LogP contribution is 2.25. The molecular weight excluding hydrogens is 204 g/mol. The minimum absolute atomic E-state index is 0.154. The van der Waals surface area contributed by atoms with Crippen LogP contribution in [0.5, 0.6) is 0 Å². The maximum atomic E-state index is 5.72. The molecule has 0 heterocycles. The van der Waals surface area contributed by atoms with Gasteiger partial charge in [-0.25, -0.2) is 4.40 Å². The van der Waals surface area contributed by atoms with Crippen LogP contribution in [-0.4, -0.2) is 10.5 Å². The Bertz CT molecular complexity index is 364. The van der Waals surface area contributed by atoms with Crippen LogP contribution in [0.1, 0.15) is 33.3 Å². The van der Waals surface area contributed by atoms with Crippen molar-refractivity contribution in [1.29, 1.82) is 0 Å². The normalized spacial score (nSPS) is 12.9. The van der Waals surface area contributed by atoms with Gasteiger partial charge in [0, 0.05) is 10.4 Å². The molecule has 0 aliphatic rings. The molecule has 0 aromatic heterocycles. The van der Waals surface area contributed by atoms with Gasteiger partial charge in [-0.3, -0.25) is 0 Å². The molecular formula is C12H18N2S. The summed E-state index contributed by atoms with van der Waals surface area (Å²) in [5, 5.41) is 0. The van der Waals surface area contributed by atoms with E-state index in [1.807, 2.05) is 31.2 Å². The van der Waals surface area contributed by atoms with E-state index >= 15 is 0 Å². The zero-order valence-electron chi connectivity index (χ0n) is 9.74. The van der Waals surface area contributed by atoms with Crippen molar-refractivity contribution in [2.24, 2.45) is 4.40 Å². The van der Waals surface area contributed by atoms with Gasteiger partial charge in [0.05, 0.1) is 5.71 Å². The van der Waals surface area contributed by atoms with Crippen molar-refractivity contribution >= 4 is 23.3 Å². The minimum Gasteiger partial charge on any atom is -0.399 e. The van der Waals surface area contributed by atoms with Crippen molar-refractivity contribution in [2.45, 2.75) is 32.4 Å². The molecule has 0 amide bonds. The fourth-order valence-electron chi connectivity index (χ4n) is 1.02. The molecule has 0 aliphatic carbocycles. The van der Waals surface area contributed by atoms with Gasteiger partial charge in [-0.05, 0) is 57.3 Å². The number of hydrogen-bond acceptors (Lipinski definition) is 3. The molecule has 2 nitrogen and oxygen atoms in total. The van der Waals surface area contributed by atoms with Crippen molar-refractivity contribution in [3.63, 3.8) is 0 Å². The van der Waals surface area contributed by atoms with Crippen LogP contribution in [0.2, 0.25) is 0 Å². The molecule has 0 bridgehead atoms. The second kappa shape index (κ2) is 4.71. The summed E-state index contributed by atoms with van der Waals surface area (Å²) in [7, 11) is 0. The number of nitrogens with zero attached hydrogens (tertiary/aromatic N) is 1. The third kappa shape index (κ3) is 4.38. The van der Waals surface area contributed by atoms with Gasteiger partial charge in [-0.1, -0.05) is 12.1 Å². The lowest BCUT2D eigenvalue weighted by molar-refractivity contribution is 0.804. The van der Waals surface area contributed by atoms with Gasteiger partial charge in [0.25, 0.3) is 0 Å². The van der Waals surface area contributed by atoms with Crippen molar-refractivity contribution in [3.05, 3.63) is 29.8 Å². The summed E-state index contributed by atoms with van der Waals surface area (Å²) in [5.41, 5.74) is 8.60. The summed E-state index contributed by atoms with van der Waals surface area (Å²) in [6, 6.07) is 7.81. The van der Waals surface area contributed by atoms with Gasteiger partial charge in [0.15, 0.2) is 0 Å². The Kier molecular flexibility index (Phi) is 3.80. The molecule has 1 aromatic carbocycles. The molecule has 2 N–H and O–H groups in total. The van der Waals surface area contributed by atoms with Crippen LogP contribution in [-0.2, 0) is 0 Å². The Morgan fingerprint density at radius 1 is 1.33 bits per heavy atom. The molecule has 0 spiro atoms. The third-order valence-corrected chi connectivity index (χ3v) is 2.67. The SMILES string of the molecule is CC(=NSC(C)(C)C)c1cccc(N)c1. The quantitative estimate of drug-likeness (QED) is 0.472. The van der Waals surface area contributed by atoms with Crippen LogP contribution in [0.4, 0.5) is 5.69 Å². The first-order chi connectivity index (χ1) is 6.88. The molecule has 0 saturated carbocycles. The van der Waals surface area contributed by atoms with Gasteiger partial charge in [0.2, 0.25) is 0 Å². The molecule has 0 fully saturated rings. The first-order valence-electron chi connectivity index (χ1n) is 4.97. The highest BCUT2D eigenvalue weighted by molar-refractivity contribution is 7.99. The van der Waals surface area contributed by atoms with E-state index in [-0.39, 0.29) is 4.75 Å². The predicted molar refractivity (Wildman–Crippen MR) is 70.4 cm³/mol. The summed E-state index contributed by atoms with van der Waals surface area (Å²) in [4.78, 5) is 0. The Hall–Kier alpha value is -0.960. The zero-order valence-corrected chi connectivity index (χ0v) is 10.6. The number of hydrogen-bond donors (Lipinski definition) is 1. The highest BCUT2D eigenvalue weighted by Gasteiger charge is 2.10. The van der Waals surface area contributed by atoms with Crippen molar-refractivity contribution in [2.75, 3.05) is 5.73 Å². The van der Waals surface area contributed by atoms with E-state index < -0.39 is 0 Å². The number of anilines is 1. The average Bonchev–Trinajstić information content (AvgIpc) is 2.13. The highest BCUT2D eigenvalue weighted by atomic mass is 32.2. The minimum atomic E-state index is 0.154. The van der Waals surface area contributed by atoms with Gasteiger partial charge >= 0.3 is 0 Å². The molecule has 0 aliphatic heterocycles. The second-order valence-corrected chi connectivity index (χ2v) is 6.10. The van der Waals surface area contributed by atoms with Crippen molar-refractivity contribution in [3.8, 4) is 0 Å². The lowest BCUT2D eigenvalue weighted by Gasteiger charge is -2.13. The third-order valence-electron chi connectivity index (χ3n) is 1.76. The fourth-order valence-corrected chi connectivity index (χ4v) is 1.54. The molecule has 0 unspecified atom stereocenters. The van der Waals surface area contributed by atoms with E-state index in [1.165, 1.54) is 0 Å². The lowest BCUT2D eigenvalue weighted by atomic mass is 10.1. The largest absolute Gasteiger partial charge is 0.399 e. The van der Waals surface area contributed by atoms with E-state index in [1.54, 1.807) is 11.9 Å². The molecule has 0 radical (unpaired) electrons. The van der Waals surface area contributed by atoms with Gasteiger partial charge in [-0.2, -0.15) is 0 Å². The van der Waals surface area contributed by atoms with E-state index in [4.69, 9.17) is 5.73 Å². The number of rotatable bonds is 2. The smallest absolute Gasteiger partial charge is 0.0529 e. The Labute approximate surface area is 96.1 Å². The lowest BCUT2D eigenvalue weighted by Crippen LogP contribution is -2.06. The number of nitrogens with two attached hydrogens (primary N) is 1. The Balaban J connectivity index is 2.80. The summed E-state index contributed by atoms with van der Waals surface area (Å²) in [5.74, 6) is 0. The number of nitrogen functional groups attached to an aromatic ring is 1.